The maximum Gasteiger partial charge on any atom is 0.203 e. The van der Waals surface area contributed by atoms with Crippen molar-refractivity contribution in [2.24, 2.45) is 0 Å². The van der Waals surface area contributed by atoms with E-state index in [2.05, 4.69) is 66.6 Å². The summed E-state index contributed by atoms with van der Waals surface area (Å²) in [6.07, 6.45) is 1.06. The molecule has 1 aromatic carbocycles. The van der Waals surface area contributed by atoms with Gasteiger partial charge in [0.25, 0.3) is 0 Å². The number of aryl methyl sites for hydroxylation is 1. The Bertz CT molecular complexity index is 509. The average Bonchev–Trinajstić information content (AvgIpc) is 2.75. The molecule has 0 atom stereocenters. The summed E-state index contributed by atoms with van der Waals surface area (Å²) in [5, 5.41) is 4.21. The van der Waals surface area contributed by atoms with Crippen LogP contribution in [0.15, 0.2) is 24.3 Å². The number of hydrogen-bond donors (Lipinski definition) is 1. The first-order valence-corrected chi connectivity index (χ1v) is 6.96. The second-order valence-electron chi connectivity index (χ2n) is 5.35. The van der Waals surface area contributed by atoms with Gasteiger partial charge in [-0.05, 0) is 32.8 Å². The standard InChI is InChI=1S/C14H19N3S/c1-5-10-6-8-11(9-7-10)12-15-13(18-17-12)16-14(2,3)4/h6-9H,5H2,1-4H3,(H,15,16,17). The summed E-state index contributed by atoms with van der Waals surface area (Å²) in [7, 11) is 0. The minimum atomic E-state index is 0.0167. The van der Waals surface area contributed by atoms with Crippen LogP contribution in [0.5, 0.6) is 0 Å². The van der Waals surface area contributed by atoms with Crippen LogP contribution in [-0.2, 0) is 6.42 Å². The van der Waals surface area contributed by atoms with Gasteiger partial charge in [-0.1, -0.05) is 31.2 Å². The highest BCUT2D eigenvalue weighted by Gasteiger charge is 2.13. The minimum absolute atomic E-state index is 0.0167. The van der Waals surface area contributed by atoms with Gasteiger partial charge < -0.3 is 5.32 Å². The monoisotopic (exact) mass is 261 g/mol. The van der Waals surface area contributed by atoms with Gasteiger partial charge in [-0.15, -0.1) is 0 Å². The molecular weight excluding hydrogens is 242 g/mol. The molecule has 1 heterocycles. The van der Waals surface area contributed by atoms with Gasteiger partial charge in [0.1, 0.15) is 0 Å². The fourth-order valence-corrected chi connectivity index (χ4v) is 2.40. The van der Waals surface area contributed by atoms with E-state index in [1.54, 1.807) is 0 Å². The third-order valence-corrected chi connectivity index (χ3v) is 3.16. The van der Waals surface area contributed by atoms with Gasteiger partial charge in [-0.3, -0.25) is 0 Å². The molecule has 18 heavy (non-hydrogen) atoms. The Balaban J connectivity index is 2.18. The van der Waals surface area contributed by atoms with Crippen molar-refractivity contribution in [3.63, 3.8) is 0 Å². The highest BCUT2D eigenvalue weighted by atomic mass is 32.1. The first kappa shape index (κ1) is 13.0. The Morgan fingerprint density at radius 3 is 2.39 bits per heavy atom. The van der Waals surface area contributed by atoms with Crippen molar-refractivity contribution in [3.05, 3.63) is 29.8 Å². The van der Waals surface area contributed by atoms with Crippen molar-refractivity contribution >= 4 is 16.7 Å². The summed E-state index contributed by atoms with van der Waals surface area (Å²) in [5.74, 6) is 0.800. The molecule has 0 spiro atoms. The van der Waals surface area contributed by atoms with E-state index in [1.165, 1.54) is 17.1 Å². The number of benzene rings is 1. The Morgan fingerprint density at radius 2 is 1.83 bits per heavy atom. The molecule has 0 amide bonds. The van der Waals surface area contributed by atoms with Crippen LogP contribution in [0.4, 0.5) is 5.13 Å². The maximum absolute atomic E-state index is 4.52. The van der Waals surface area contributed by atoms with E-state index in [1.807, 2.05) is 0 Å². The summed E-state index contributed by atoms with van der Waals surface area (Å²) in [6, 6.07) is 8.43. The number of nitrogens with zero attached hydrogens (tertiary/aromatic N) is 2. The van der Waals surface area contributed by atoms with E-state index in [0.29, 0.717) is 0 Å². The van der Waals surface area contributed by atoms with Crippen molar-refractivity contribution in [1.82, 2.24) is 9.36 Å². The van der Waals surface area contributed by atoms with Crippen molar-refractivity contribution < 1.29 is 0 Å². The molecule has 96 valence electrons. The molecule has 0 aliphatic heterocycles. The van der Waals surface area contributed by atoms with Crippen molar-refractivity contribution in [1.29, 1.82) is 0 Å². The summed E-state index contributed by atoms with van der Waals surface area (Å²) >= 11 is 1.41. The lowest BCUT2D eigenvalue weighted by Gasteiger charge is -2.18. The van der Waals surface area contributed by atoms with Crippen LogP contribution in [0.3, 0.4) is 0 Å². The van der Waals surface area contributed by atoms with Crippen LogP contribution >= 0.6 is 11.5 Å². The fourth-order valence-electron chi connectivity index (χ4n) is 1.60. The van der Waals surface area contributed by atoms with E-state index in [0.717, 1.165) is 22.9 Å². The molecule has 0 aliphatic rings. The first-order chi connectivity index (χ1) is 8.48. The summed E-state index contributed by atoms with van der Waals surface area (Å²) in [4.78, 5) is 4.52. The Labute approximate surface area is 112 Å². The molecule has 0 radical (unpaired) electrons. The first-order valence-electron chi connectivity index (χ1n) is 6.19. The lowest BCUT2D eigenvalue weighted by Crippen LogP contribution is -2.25. The van der Waals surface area contributed by atoms with Gasteiger partial charge in [0.15, 0.2) is 5.82 Å². The van der Waals surface area contributed by atoms with Crippen molar-refractivity contribution in [2.45, 2.75) is 39.7 Å². The number of aromatic nitrogens is 2. The highest BCUT2D eigenvalue weighted by Crippen LogP contribution is 2.23. The molecule has 2 rings (SSSR count). The summed E-state index contributed by atoms with van der Waals surface area (Å²) < 4.78 is 4.39. The lowest BCUT2D eigenvalue weighted by atomic mass is 10.1. The molecule has 0 bridgehead atoms. The molecule has 0 aliphatic carbocycles. The van der Waals surface area contributed by atoms with Crippen LogP contribution in [0.2, 0.25) is 0 Å². The van der Waals surface area contributed by atoms with Gasteiger partial charge in [-0.25, -0.2) is 0 Å². The van der Waals surface area contributed by atoms with E-state index in [4.69, 9.17) is 0 Å². The number of anilines is 1. The van der Waals surface area contributed by atoms with Crippen molar-refractivity contribution in [2.75, 3.05) is 5.32 Å². The molecule has 4 heteroatoms. The summed E-state index contributed by atoms with van der Waals surface area (Å²) in [5.41, 5.74) is 2.43. The van der Waals surface area contributed by atoms with Crippen LogP contribution in [0, 0.1) is 0 Å². The molecule has 0 saturated carbocycles. The molecule has 3 nitrogen and oxygen atoms in total. The van der Waals surface area contributed by atoms with Crippen molar-refractivity contribution in [3.8, 4) is 11.4 Å². The van der Waals surface area contributed by atoms with Gasteiger partial charge in [0, 0.05) is 22.6 Å². The van der Waals surface area contributed by atoms with Crippen LogP contribution < -0.4 is 5.32 Å². The van der Waals surface area contributed by atoms with E-state index >= 15 is 0 Å². The Hall–Kier alpha value is -1.42. The fraction of sp³-hybridized carbons (Fsp3) is 0.429. The van der Waals surface area contributed by atoms with E-state index in [9.17, 15) is 0 Å². The van der Waals surface area contributed by atoms with Gasteiger partial charge >= 0.3 is 0 Å². The molecule has 0 saturated heterocycles. The second-order valence-corrected chi connectivity index (χ2v) is 6.10. The molecule has 1 N–H and O–H groups in total. The van der Waals surface area contributed by atoms with Gasteiger partial charge in [0.05, 0.1) is 0 Å². The number of rotatable bonds is 3. The number of hydrogen-bond acceptors (Lipinski definition) is 4. The SMILES string of the molecule is CCc1ccc(-c2nsc(NC(C)(C)C)n2)cc1. The normalized spacial score (nSPS) is 11.6. The Morgan fingerprint density at radius 1 is 1.17 bits per heavy atom. The molecule has 0 fully saturated rings. The topological polar surface area (TPSA) is 37.8 Å². The lowest BCUT2D eigenvalue weighted by molar-refractivity contribution is 0.633. The third-order valence-electron chi connectivity index (χ3n) is 2.53. The van der Waals surface area contributed by atoms with E-state index < -0.39 is 0 Å². The third kappa shape index (κ3) is 3.29. The van der Waals surface area contributed by atoms with Crippen LogP contribution in [0.25, 0.3) is 11.4 Å². The summed E-state index contributed by atoms with van der Waals surface area (Å²) in [6.45, 7) is 8.50. The largest absolute Gasteiger partial charge is 0.356 e. The zero-order valence-electron chi connectivity index (χ0n) is 11.3. The quantitative estimate of drug-likeness (QED) is 0.908. The average molecular weight is 261 g/mol. The zero-order chi connectivity index (χ0) is 13.2. The second kappa shape index (κ2) is 5.06. The van der Waals surface area contributed by atoms with Gasteiger partial charge in [0.2, 0.25) is 5.13 Å². The molecule has 1 aromatic heterocycles. The minimum Gasteiger partial charge on any atom is -0.356 e. The van der Waals surface area contributed by atoms with Crippen LogP contribution in [0.1, 0.15) is 33.3 Å². The van der Waals surface area contributed by atoms with Gasteiger partial charge in [-0.2, -0.15) is 9.36 Å². The number of nitrogens with one attached hydrogen (secondary N) is 1. The smallest absolute Gasteiger partial charge is 0.203 e. The maximum atomic E-state index is 4.52. The van der Waals surface area contributed by atoms with Crippen LogP contribution in [-0.4, -0.2) is 14.9 Å². The Kier molecular flexibility index (Phi) is 3.66. The molecular formula is C14H19N3S. The van der Waals surface area contributed by atoms with E-state index in [-0.39, 0.29) is 5.54 Å². The molecule has 2 aromatic rings. The predicted molar refractivity (Wildman–Crippen MR) is 78.1 cm³/mol. The highest BCUT2D eigenvalue weighted by molar-refractivity contribution is 7.09. The predicted octanol–water partition coefficient (Wildman–Crippen LogP) is 3.98. The zero-order valence-corrected chi connectivity index (χ0v) is 12.1. The molecule has 0 unspecified atom stereocenters.